The summed E-state index contributed by atoms with van der Waals surface area (Å²) in [6.45, 7) is 0. The Kier molecular flexibility index (Phi) is 6.17. The molecule has 0 aliphatic heterocycles. The maximum absolute atomic E-state index is 2.42. The summed E-state index contributed by atoms with van der Waals surface area (Å²) < 4.78 is 2.42. The van der Waals surface area contributed by atoms with Crippen LogP contribution in [0.1, 0.15) is 0 Å². The highest BCUT2D eigenvalue weighted by Crippen LogP contribution is 2.42. The van der Waals surface area contributed by atoms with Gasteiger partial charge in [0, 0.05) is 33.5 Å². The van der Waals surface area contributed by atoms with Gasteiger partial charge >= 0.3 is 0 Å². The monoisotopic (exact) mass is 586 g/mol. The average Bonchev–Trinajstić information content (AvgIpc) is 3.47. The Morgan fingerprint density at radius 3 is 1.74 bits per heavy atom. The lowest BCUT2D eigenvalue weighted by atomic mass is 9.93. The summed E-state index contributed by atoms with van der Waals surface area (Å²) in [5, 5.41) is 7.60. The minimum absolute atomic E-state index is 1.12. The summed E-state index contributed by atoms with van der Waals surface area (Å²) >= 11 is 0. The number of para-hydroxylation sites is 3. The molecule has 216 valence electrons. The van der Waals surface area contributed by atoms with Gasteiger partial charge in [-0.1, -0.05) is 115 Å². The fraction of sp³-hybridized carbons (Fsp3) is 0. The van der Waals surface area contributed by atoms with Gasteiger partial charge in [0.25, 0.3) is 0 Å². The molecule has 1 heterocycles. The van der Waals surface area contributed by atoms with Crippen LogP contribution >= 0.6 is 0 Å². The van der Waals surface area contributed by atoms with Crippen molar-refractivity contribution >= 4 is 60.4 Å². The van der Waals surface area contributed by atoms with E-state index in [0.717, 1.165) is 22.7 Å². The van der Waals surface area contributed by atoms with Gasteiger partial charge in [0.1, 0.15) is 0 Å². The first kappa shape index (κ1) is 26.3. The smallest absolute Gasteiger partial charge is 0.0547 e. The molecule has 0 spiro atoms. The molecular weight excluding hydrogens is 556 g/mol. The first-order valence-corrected chi connectivity index (χ1v) is 15.8. The molecule has 0 N–H and O–H groups in total. The standard InChI is InChI=1S/C44H30N2/c1-3-15-35(16-4-1)45(36-17-5-2-6-18-36)37-25-27-38(28-26-37)46-41-21-10-9-19-40(41)44-42(46)29-24-32-14-11-20-39(43(32)44)34-23-22-31-12-7-8-13-33(31)30-34/h1-30H. The van der Waals surface area contributed by atoms with Gasteiger partial charge in [-0.25, -0.2) is 0 Å². The zero-order valence-corrected chi connectivity index (χ0v) is 25.2. The van der Waals surface area contributed by atoms with E-state index in [1.165, 1.54) is 54.5 Å². The Labute approximate surface area is 268 Å². The third kappa shape index (κ3) is 4.27. The molecule has 0 saturated carbocycles. The molecule has 0 atom stereocenters. The van der Waals surface area contributed by atoms with Crippen LogP contribution in [0.5, 0.6) is 0 Å². The predicted octanol–water partition coefficient (Wildman–Crippen LogP) is 12.2. The van der Waals surface area contributed by atoms with Crippen LogP contribution in [-0.4, -0.2) is 4.57 Å². The highest BCUT2D eigenvalue weighted by Gasteiger charge is 2.18. The first-order chi connectivity index (χ1) is 22.8. The van der Waals surface area contributed by atoms with Crippen LogP contribution in [0.2, 0.25) is 0 Å². The van der Waals surface area contributed by atoms with E-state index in [0.29, 0.717) is 0 Å². The van der Waals surface area contributed by atoms with Gasteiger partial charge in [-0.3, -0.25) is 0 Å². The van der Waals surface area contributed by atoms with Crippen molar-refractivity contribution < 1.29 is 0 Å². The topological polar surface area (TPSA) is 8.17 Å². The summed E-state index contributed by atoms with van der Waals surface area (Å²) in [7, 11) is 0. The van der Waals surface area contributed by atoms with Crippen LogP contribution in [0.15, 0.2) is 182 Å². The Morgan fingerprint density at radius 1 is 0.370 bits per heavy atom. The van der Waals surface area contributed by atoms with Crippen molar-refractivity contribution in [2.75, 3.05) is 4.90 Å². The Hall–Kier alpha value is -6.12. The fourth-order valence-corrected chi connectivity index (χ4v) is 7.06. The van der Waals surface area contributed by atoms with Crippen LogP contribution in [0.25, 0.3) is 60.2 Å². The summed E-state index contributed by atoms with van der Waals surface area (Å²) in [6.07, 6.45) is 0. The van der Waals surface area contributed by atoms with E-state index in [4.69, 9.17) is 0 Å². The molecular formula is C44H30N2. The minimum Gasteiger partial charge on any atom is -0.311 e. The van der Waals surface area contributed by atoms with Gasteiger partial charge in [0.15, 0.2) is 0 Å². The van der Waals surface area contributed by atoms with Gasteiger partial charge in [0.05, 0.1) is 11.0 Å². The van der Waals surface area contributed by atoms with E-state index in [9.17, 15) is 0 Å². The number of hydrogen-bond donors (Lipinski definition) is 0. The lowest BCUT2D eigenvalue weighted by molar-refractivity contribution is 1.17. The summed E-state index contributed by atoms with van der Waals surface area (Å²) in [5.41, 5.74) is 9.42. The number of aromatic nitrogens is 1. The molecule has 0 saturated heterocycles. The van der Waals surface area contributed by atoms with Crippen molar-refractivity contribution in [3.8, 4) is 16.8 Å². The minimum atomic E-state index is 1.12. The number of nitrogens with zero attached hydrogens (tertiary/aromatic N) is 2. The molecule has 0 aliphatic carbocycles. The Bertz CT molecular complexity index is 2470. The summed E-state index contributed by atoms with van der Waals surface area (Å²) in [6, 6.07) is 65.6. The van der Waals surface area contributed by atoms with Crippen LogP contribution in [0, 0.1) is 0 Å². The SMILES string of the molecule is c1ccc(N(c2ccccc2)c2ccc(-n3c4ccccc4c4c5c(-c6ccc7ccccc7c6)cccc5ccc43)cc2)cc1. The number of hydrogen-bond acceptors (Lipinski definition) is 1. The zero-order valence-electron chi connectivity index (χ0n) is 25.2. The van der Waals surface area contributed by atoms with Crippen LogP contribution < -0.4 is 4.90 Å². The lowest BCUT2D eigenvalue weighted by Crippen LogP contribution is -2.09. The van der Waals surface area contributed by atoms with Crippen molar-refractivity contribution in [3.05, 3.63) is 182 Å². The quantitative estimate of drug-likeness (QED) is 0.195. The van der Waals surface area contributed by atoms with Crippen LogP contribution in [-0.2, 0) is 0 Å². The molecule has 46 heavy (non-hydrogen) atoms. The summed E-state index contributed by atoms with van der Waals surface area (Å²) in [4.78, 5) is 2.30. The van der Waals surface area contributed by atoms with E-state index in [1.807, 2.05) is 0 Å². The van der Waals surface area contributed by atoms with Gasteiger partial charge in [-0.15, -0.1) is 0 Å². The summed E-state index contributed by atoms with van der Waals surface area (Å²) in [5.74, 6) is 0. The Morgan fingerprint density at radius 2 is 0.978 bits per heavy atom. The molecule has 0 aliphatic rings. The van der Waals surface area contributed by atoms with Gasteiger partial charge in [-0.2, -0.15) is 0 Å². The average molecular weight is 587 g/mol. The van der Waals surface area contributed by atoms with Crippen molar-refractivity contribution in [1.82, 2.24) is 4.57 Å². The Balaban J connectivity index is 1.25. The molecule has 9 rings (SSSR count). The molecule has 2 nitrogen and oxygen atoms in total. The molecule has 0 unspecified atom stereocenters. The molecule has 1 aromatic heterocycles. The number of benzene rings is 8. The highest BCUT2D eigenvalue weighted by molar-refractivity contribution is 6.25. The molecule has 0 radical (unpaired) electrons. The predicted molar refractivity (Wildman–Crippen MR) is 196 cm³/mol. The van der Waals surface area contributed by atoms with E-state index >= 15 is 0 Å². The number of anilines is 3. The van der Waals surface area contributed by atoms with Crippen LogP contribution in [0.3, 0.4) is 0 Å². The van der Waals surface area contributed by atoms with Gasteiger partial charge < -0.3 is 9.47 Å². The number of fused-ring (bicyclic) bond motifs is 6. The van der Waals surface area contributed by atoms with Crippen molar-refractivity contribution in [3.63, 3.8) is 0 Å². The molecule has 0 amide bonds. The normalized spacial score (nSPS) is 11.5. The fourth-order valence-electron chi connectivity index (χ4n) is 7.06. The van der Waals surface area contributed by atoms with E-state index in [2.05, 4.69) is 191 Å². The van der Waals surface area contributed by atoms with Crippen molar-refractivity contribution in [1.29, 1.82) is 0 Å². The molecule has 2 heteroatoms. The maximum Gasteiger partial charge on any atom is 0.0547 e. The zero-order chi connectivity index (χ0) is 30.5. The second-order valence-corrected chi connectivity index (χ2v) is 11.8. The molecule has 0 fully saturated rings. The highest BCUT2D eigenvalue weighted by atomic mass is 15.1. The second-order valence-electron chi connectivity index (χ2n) is 11.8. The van der Waals surface area contributed by atoms with E-state index < -0.39 is 0 Å². The molecule has 9 aromatic rings. The first-order valence-electron chi connectivity index (χ1n) is 15.8. The van der Waals surface area contributed by atoms with Gasteiger partial charge in [-0.05, 0) is 99.4 Å². The second kappa shape index (κ2) is 10.8. The van der Waals surface area contributed by atoms with Crippen LogP contribution in [0.4, 0.5) is 17.1 Å². The van der Waals surface area contributed by atoms with Gasteiger partial charge in [0.2, 0.25) is 0 Å². The van der Waals surface area contributed by atoms with E-state index in [-0.39, 0.29) is 0 Å². The third-order valence-electron chi connectivity index (χ3n) is 9.13. The lowest BCUT2D eigenvalue weighted by Gasteiger charge is -2.25. The maximum atomic E-state index is 2.42. The third-order valence-corrected chi connectivity index (χ3v) is 9.13. The number of rotatable bonds is 5. The molecule has 0 bridgehead atoms. The van der Waals surface area contributed by atoms with E-state index in [1.54, 1.807) is 0 Å². The van der Waals surface area contributed by atoms with Crippen molar-refractivity contribution in [2.45, 2.75) is 0 Å². The largest absolute Gasteiger partial charge is 0.311 e. The molecule has 8 aromatic carbocycles. The van der Waals surface area contributed by atoms with Crippen molar-refractivity contribution in [2.24, 2.45) is 0 Å².